The van der Waals surface area contributed by atoms with Gasteiger partial charge in [0.05, 0.1) is 6.04 Å². The molecule has 0 unspecified atom stereocenters. The molecular formula is C17H19ClF4N2OS. The second kappa shape index (κ2) is 9.03. The third kappa shape index (κ3) is 4.88. The third-order valence-electron chi connectivity index (χ3n) is 4.08. The largest absolute Gasteiger partial charge is 0.461 e. The Morgan fingerprint density at radius 2 is 1.69 bits per heavy atom. The van der Waals surface area contributed by atoms with Crippen LogP contribution in [0.5, 0.6) is 5.75 Å². The molecule has 0 bridgehead atoms. The van der Waals surface area contributed by atoms with Crippen molar-refractivity contribution in [2.24, 2.45) is 0 Å². The number of piperazine rings is 1. The number of thiophene rings is 1. The van der Waals surface area contributed by atoms with Crippen molar-refractivity contribution in [2.75, 3.05) is 26.2 Å². The first-order valence-electron chi connectivity index (χ1n) is 7.89. The lowest BCUT2D eigenvalue weighted by atomic mass is 9.98. The Balaban J connectivity index is 0.00000243. The van der Waals surface area contributed by atoms with E-state index in [1.807, 2.05) is 11.4 Å². The van der Waals surface area contributed by atoms with Crippen molar-refractivity contribution >= 4 is 23.7 Å². The monoisotopic (exact) mass is 410 g/mol. The second-order valence-electron chi connectivity index (χ2n) is 5.78. The summed E-state index contributed by atoms with van der Waals surface area (Å²) in [5, 5.41) is 7.35. The fourth-order valence-corrected chi connectivity index (χ4v) is 3.58. The van der Waals surface area contributed by atoms with Crippen molar-refractivity contribution < 1.29 is 22.3 Å². The molecule has 26 heavy (non-hydrogen) atoms. The Bertz CT molecular complexity index is 664. The number of benzene rings is 1. The molecule has 0 spiro atoms. The van der Waals surface area contributed by atoms with E-state index in [2.05, 4.69) is 20.3 Å². The fourth-order valence-electron chi connectivity index (χ4n) is 2.90. The molecule has 0 amide bonds. The Morgan fingerprint density at radius 1 is 1.04 bits per heavy atom. The maximum absolute atomic E-state index is 13.0. The first-order chi connectivity index (χ1) is 12.0. The van der Waals surface area contributed by atoms with Crippen molar-refractivity contribution in [3.8, 4) is 5.75 Å². The highest BCUT2D eigenvalue weighted by Crippen LogP contribution is 2.33. The molecule has 0 saturated carbocycles. The zero-order valence-corrected chi connectivity index (χ0v) is 15.3. The van der Waals surface area contributed by atoms with Crippen LogP contribution in [-0.4, -0.2) is 43.6 Å². The highest BCUT2D eigenvalue weighted by atomic mass is 35.5. The molecule has 2 aromatic rings. The summed E-state index contributed by atoms with van der Waals surface area (Å²) in [5.74, 6) is -0.279. The van der Waals surface area contributed by atoms with Gasteiger partial charge in [0.25, 0.3) is 0 Å². The third-order valence-corrected chi connectivity index (χ3v) is 4.78. The molecule has 1 aromatic heterocycles. The van der Waals surface area contributed by atoms with E-state index in [0.717, 1.165) is 37.3 Å². The van der Waals surface area contributed by atoms with Crippen LogP contribution in [0.3, 0.4) is 0 Å². The maximum Gasteiger partial charge on any atom is 0.461 e. The molecule has 144 valence electrons. The fraction of sp³-hybridized carbons (Fsp3) is 0.412. The SMILES string of the molecule is Cl.FC(F)C(F)(F)Oc1ccc([C@@H](c2ccsc2)N2CCNCC2)cc1. The zero-order chi connectivity index (χ0) is 17.9. The van der Waals surface area contributed by atoms with Gasteiger partial charge in [-0.2, -0.15) is 28.9 Å². The lowest BCUT2D eigenvalue weighted by Crippen LogP contribution is -2.45. The van der Waals surface area contributed by atoms with E-state index in [4.69, 9.17) is 0 Å². The molecule has 0 radical (unpaired) electrons. The van der Waals surface area contributed by atoms with Gasteiger partial charge in [-0.15, -0.1) is 12.4 Å². The number of alkyl halides is 4. The highest BCUT2D eigenvalue weighted by molar-refractivity contribution is 7.08. The molecule has 1 aromatic carbocycles. The summed E-state index contributed by atoms with van der Waals surface area (Å²) in [6.07, 6.45) is -8.36. The summed E-state index contributed by atoms with van der Waals surface area (Å²) in [4.78, 5) is 2.31. The Labute approximate surface area is 159 Å². The van der Waals surface area contributed by atoms with Gasteiger partial charge in [-0.05, 0) is 40.1 Å². The number of rotatable bonds is 6. The van der Waals surface area contributed by atoms with Crippen LogP contribution in [0.4, 0.5) is 17.6 Å². The first kappa shape index (κ1) is 21.0. The molecule has 1 aliphatic rings. The van der Waals surface area contributed by atoms with Gasteiger partial charge in [-0.1, -0.05) is 12.1 Å². The highest BCUT2D eigenvalue weighted by Gasteiger charge is 2.44. The summed E-state index contributed by atoms with van der Waals surface area (Å²) in [6, 6.07) is 7.97. The summed E-state index contributed by atoms with van der Waals surface area (Å²) < 4.78 is 54.7. The van der Waals surface area contributed by atoms with Crippen LogP contribution in [0.2, 0.25) is 0 Å². The average molecular weight is 411 g/mol. The molecule has 1 N–H and O–H groups in total. The Hall–Kier alpha value is -1.35. The van der Waals surface area contributed by atoms with Crippen LogP contribution in [-0.2, 0) is 0 Å². The number of hydrogen-bond acceptors (Lipinski definition) is 4. The van der Waals surface area contributed by atoms with Gasteiger partial charge in [0.2, 0.25) is 0 Å². The second-order valence-corrected chi connectivity index (χ2v) is 6.56. The summed E-state index contributed by atoms with van der Waals surface area (Å²) in [5.41, 5.74) is 2.03. The molecule has 2 heterocycles. The van der Waals surface area contributed by atoms with Gasteiger partial charge >= 0.3 is 12.5 Å². The predicted octanol–water partition coefficient (Wildman–Crippen LogP) is 4.40. The van der Waals surface area contributed by atoms with E-state index in [-0.39, 0.29) is 24.2 Å². The number of nitrogens with one attached hydrogen (secondary N) is 1. The van der Waals surface area contributed by atoms with E-state index in [9.17, 15) is 17.6 Å². The predicted molar refractivity (Wildman–Crippen MR) is 95.9 cm³/mol. The molecule has 1 fully saturated rings. The number of ether oxygens (including phenoxy) is 1. The van der Waals surface area contributed by atoms with Crippen molar-refractivity contribution in [1.82, 2.24) is 10.2 Å². The minimum atomic E-state index is -4.49. The van der Waals surface area contributed by atoms with Gasteiger partial charge in [0, 0.05) is 26.2 Å². The standard InChI is InChI=1S/C17H18F4N2OS.ClH/c18-16(19)17(20,21)24-14-3-1-12(2-4-14)15(13-5-10-25-11-13)23-8-6-22-7-9-23;/h1-5,10-11,15-16,22H,6-9H2;1H/t15-;/m0./s1. The quantitative estimate of drug-likeness (QED) is 0.714. The molecule has 3 rings (SSSR count). The average Bonchev–Trinajstić information content (AvgIpc) is 3.11. The van der Waals surface area contributed by atoms with E-state index in [1.54, 1.807) is 23.5 Å². The molecule has 9 heteroatoms. The van der Waals surface area contributed by atoms with Gasteiger partial charge in [-0.25, -0.2) is 0 Å². The first-order valence-corrected chi connectivity index (χ1v) is 8.83. The van der Waals surface area contributed by atoms with E-state index in [0.29, 0.717) is 0 Å². The van der Waals surface area contributed by atoms with Gasteiger partial charge in [-0.3, -0.25) is 4.90 Å². The lowest BCUT2D eigenvalue weighted by molar-refractivity contribution is -0.253. The van der Waals surface area contributed by atoms with Crippen LogP contribution in [0.15, 0.2) is 41.1 Å². The van der Waals surface area contributed by atoms with Crippen molar-refractivity contribution in [1.29, 1.82) is 0 Å². The lowest BCUT2D eigenvalue weighted by Gasteiger charge is -2.35. The van der Waals surface area contributed by atoms with Crippen molar-refractivity contribution in [3.05, 3.63) is 52.2 Å². The Morgan fingerprint density at radius 3 is 2.23 bits per heavy atom. The molecule has 1 saturated heterocycles. The molecule has 0 aliphatic carbocycles. The smallest absolute Gasteiger partial charge is 0.428 e. The normalized spacial score (nSPS) is 17.0. The van der Waals surface area contributed by atoms with Crippen LogP contribution < -0.4 is 10.1 Å². The molecule has 1 aliphatic heterocycles. The Kier molecular flexibility index (Phi) is 7.28. The van der Waals surface area contributed by atoms with Crippen LogP contribution >= 0.6 is 23.7 Å². The van der Waals surface area contributed by atoms with Crippen LogP contribution in [0.25, 0.3) is 0 Å². The number of halogens is 5. The topological polar surface area (TPSA) is 24.5 Å². The van der Waals surface area contributed by atoms with E-state index in [1.165, 1.54) is 12.1 Å². The maximum atomic E-state index is 13.0. The number of hydrogen-bond donors (Lipinski definition) is 1. The van der Waals surface area contributed by atoms with E-state index >= 15 is 0 Å². The van der Waals surface area contributed by atoms with E-state index < -0.39 is 12.5 Å². The van der Waals surface area contributed by atoms with Crippen molar-refractivity contribution in [2.45, 2.75) is 18.6 Å². The number of nitrogens with zero attached hydrogens (tertiary/aromatic N) is 1. The van der Waals surface area contributed by atoms with Crippen LogP contribution in [0.1, 0.15) is 17.2 Å². The molecule has 1 atom stereocenters. The minimum Gasteiger partial charge on any atom is -0.428 e. The van der Waals surface area contributed by atoms with Gasteiger partial charge in [0.15, 0.2) is 0 Å². The minimum absolute atomic E-state index is 0. The van der Waals surface area contributed by atoms with Gasteiger partial charge in [0.1, 0.15) is 5.75 Å². The summed E-state index contributed by atoms with van der Waals surface area (Å²) in [6.45, 7) is 3.48. The van der Waals surface area contributed by atoms with Crippen LogP contribution in [0, 0.1) is 0 Å². The molecular weight excluding hydrogens is 392 g/mol. The van der Waals surface area contributed by atoms with Gasteiger partial charge < -0.3 is 10.1 Å². The van der Waals surface area contributed by atoms with Crippen molar-refractivity contribution in [3.63, 3.8) is 0 Å². The molecule has 3 nitrogen and oxygen atoms in total. The zero-order valence-electron chi connectivity index (χ0n) is 13.7. The summed E-state index contributed by atoms with van der Waals surface area (Å²) >= 11 is 1.59. The summed E-state index contributed by atoms with van der Waals surface area (Å²) in [7, 11) is 0.